The fourth-order valence-corrected chi connectivity index (χ4v) is 0.373. The quantitative estimate of drug-likeness (QED) is 0.306. The summed E-state index contributed by atoms with van der Waals surface area (Å²) in [6.45, 7) is 2.87. The van der Waals surface area contributed by atoms with Crippen molar-refractivity contribution >= 4 is 28.3 Å². The Morgan fingerprint density at radius 1 is 1.86 bits per heavy atom. The predicted molar refractivity (Wildman–Crippen MR) is 36.8 cm³/mol. The molecule has 0 spiro atoms. The van der Waals surface area contributed by atoms with Crippen molar-refractivity contribution in [1.82, 2.24) is 4.90 Å². The van der Waals surface area contributed by atoms with Crippen LogP contribution in [0, 0.1) is 0 Å². The standard InChI is InChI=1S/C4H8ClNS/c1-3-6(2)4(5)7/h3H2,1-2H3. The average molecular weight is 138 g/mol. The molecule has 0 aromatic heterocycles. The highest BCUT2D eigenvalue weighted by Gasteiger charge is 1.92. The minimum Gasteiger partial charge on any atom is -0.357 e. The van der Waals surface area contributed by atoms with Crippen LogP contribution in [0.1, 0.15) is 6.92 Å². The molecule has 0 aliphatic carbocycles. The van der Waals surface area contributed by atoms with Crippen molar-refractivity contribution in [2.24, 2.45) is 0 Å². The topological polar surface area (TPSA) is 3.24 Å². The molecule has 0 aromatic rings. The molecule has 0 atom stereocenters. The van der Waals surface area contributed by atoms with Gasteiger partial charge in [0.15, 0.2) is 4.45 Å². The van der Waals surface area contributed by atoms with Crippen LogP contribution >= 0.6 is 23.8 Å². The molecule has 42 valence electrons. The van der Waals surface area contributed by atoms with Gasteiger partial charge in [-0.25, -0.2) is 0 Å². The summed E-state index contributed by atoms with van der Waals surface area (Å²) < 4.78 is 0.433. The lowest BCUT2D eigenvalue weighted by molar-refractivity contribution is 0.554. The number of hydrogen-bond donors (Lipinski definition) is 0. The second kappa shape index (κ2) is 3.22. The minimum absolute atomic E-state index is 0.433. The number of hydrogen-bond acceptors (Lipinski definition) is 1. The second-order valence-corrected chi connectivity index (χ2v) is 2.24. The van der Waals surface area contributed by atoms with E-state index in [1.807, 2.05) is 14.0 Å². The Morgan fingerprint density at radius 2 is 2.29 bits per heavy atom. The zero-order valence-corrected chi connectivity index (χ0v) is 6.01. The van der Waals surface area contributed by atoms with Crippen LogP contribution in [0.2, 0.25) is 0 Å². The Balaban J connectivity index is 3.34. The number of thiocarbonyl (C=S) groups is 1. The summed E-state index contributed by atoms with van der Waals surface area (Å²) in [5.41, 5.74) is 0. The third kappa shape index (κ3) is 2.83. The largest absolute Gasteiger partial charge is 0.357 e. The van der Waals surface area contributed by atoms with E-state index in [-0.39, 0.29) is 0 Å². The molecule has 3 heteroatoms. The van der Waals surface area contributed by atoms with Crippen LogP contribution in [0.4, 0.5) is 0 Å². The summed E-state index contributed by atoms with van der Waals surface area (Å²) in [4.78, 5) is 1.79. The smallest absolute Gasteiger partial charge is 0.169 e. The molecule has 0 amide bonds. The van der Waals surface area contributed by atoms with E-state index in [1.165, 1.54) is 0 Å². The first-order chi connectivity index (χ1) is 3.18. The van der Waals surface area contributed by atoms with Crippen LogP contribution in [-0.2, 0) is 0 Å². The van der Waals surface area contributed by atoms with Crippen LogP contribution in [0.5, 0.6) is 0 Å². The molecule has 0 rings (SSSR count). The molecule has 1 nitrogen and oxygen atoms in total. The Bertz CT molecular complexity index is 74.1. The first kappa shape index (κ1) is 7.18. The highest BCUT2D eigenvalue weighted by molar-refractivity contribution is 7.83. The third-order valence-electron chi connectivity index (χ3n) is 0.774. The van der Waals surface area contributed by atoms with E-state index in [4.69, 9.17) is 11.6 Å². The maximum Gasteiger partial charge on any atom is 0.169 e. The third-order valence-corrected chi connectivity index (χ3v) is 1.37. The van der Waals surface area contributed by atoms with Gasteiger partial charge in [0.2, 0.25) is 0 Å². The van der Waals surface area contributed by atoms with Crippen molar-refractivity contribution in [3.63, 3.8) is 0 Å². The van der Waals surface area contributed by atoms with E-state index in [0.29, 0.717) is 4.45 Å². The van der Waals surface area contributed by atoms with E-state index < -0.39 is 0 Å². The van der Waals surface area contributed by atoms with Crippen LogP contribution in [0.15, 0.2) is 0 Å². The minimum atomic E-state index is 0.433. The lowest BCUT2D eigenvalue weighted by atomic mass is 10.7. The highest BCUT2D eigenvalue weighted by Crippen LogP contribution is 1.89. The number of rotatable bonds is 1. The molecule has 0 aromatic carbocycles. The van der Waals surface area contributed by atoms with Gasteiger partial charge in [-0.3, -0.25) is 0 Å². The van der Waals surface area contributed by atoms with Crippen molar-refractivity contribution < 1.29 is 0 Å². The Morgan fingerprint density at radius 3 is 2.29 bits per heavy atom. The summed E-state index contributed by atoms with van der Waals surface area (Å²) in [6.07, 6.45) is 0. The van der Waals surface area contributed by atoms with Gasteiger partial charge in [0, 0.05) is 13.6 Å². The van der Waals surface area contributed by atoms with Crippen LogP contribution < -0.4 is 0 Å². The molecule has 0 aliphatic rings. The molecule has 0 unspecified atom stereocenters. The molecular weight excluding hydrogens is 130 g/mol. The molecule has 0 aliphatic heterocycles. The van der Waals surface area contributed by atoms with Gasteiger partial charge >= 0.3 is 0 Å². The summed E-state index contributed by atoms with van der Waals surface area (Å²) >= 11 is 9.99. The number of nitrogens with zero attached hydrogens (tertiary/aromatic N) is 1. The summed E-state index contributed by atoms with van der Waals surface area (Å²) in [5.74, 6) is 0. The predicted octanol–water partition coefficient (Wildman–Crippen LogP) is 1.46. The van der Waals surface area contributed by atoms with E-state index in [1.54, 1.807) is 4.90 Å². The van der Waals surface area contributed by atoms with Crippen LogP contribution in [0.25, 0.3) is 0 Å². The molecule has 0 bridgehead atoms. The Kier molecular flexibility index (Phi) is 3.30. The second-order valence-electron chi connectivity index (χ2n) is 1.27. The average Bonchev–Trinajstić information content (AvgIpc) is 1.65. The summed E-state index contributed by atoms with van der Waals surface area (Å²) in [7, 11) is 1.86. The van der Waals surface area contributed by atoms with E-state index in [0.717, 1.165) is 6.54 Å². The van der Waals surface area contributed by atoms with Crippen LogP contribution in [0.3, 0.4) is 0 Å². The first-order valence-corrected chi connectivity index (χ1v) is 2.87. The fraction of sp³-hybridized carbons (Fsp3) is 0.750. The molecule has 0 heterocycles. The van der Waals surface area contributed by atoms with Gasteiger partial charge in [-0.15, -0.1) is 0 Å². The van der Waals surface area contributed by atoms with Gasteiger partial charge in [-0.05, 0) is 19.1 Å². The van der Waals surface area contributed by atoms with E-state index in [9.17, 15) is 0 Å². The summed E-state index contributed by atoms with van der Waals surface area (Å²) in [6, 6.07) is 0. The molecule has 7 heavy (non-hydrogen) atoms. The van der Waals surface area contributed by atoms with E-state index >= 15 is 0 Å². The molecule has 0 N–H and O–H groups in total. The van der Waals surface area contributed by atoms with E-state index in [2.05, 4.69) is 12.2 Å². The lowest BCUT2D eigenvalue weighted by Gasteiger charge is -2.10. The van der Waals surface area contributed by atoms with Crippen molar-refractivity contribution in [2.45, 2.75) is 6.92 Å². The lowest BCUT2D eigenvalue weighted by Crippen LogP contribution is -2.19. The van der Waals surface area contributed by atoms with Gasteiger partial charge in [-0.2, -0.15) is 0 Å². The zero-order valence-electron chi connectivity index (χ0n) is 4.44. The van der Waals surface area contributed by atoms with Crippen molar-refractivity contribution in [2.75, 3.05) is 13.6 Å². The van der Waals surface area contributed by atoms with Gasteiger partial charge in [0.05, 0.1) is 0 Å². The highest BCUT2D eigenvalue weighted by atomic mass is 35.5. The molecule has 0 fully saturated rings. The molecule has 0 saturated heterocycles. The van der Waals surface area contributed by atoms with Gasteiger partial charge in [-0.1, -0.05) is 11.6 Å². The fourth-order valence-electron chi connectivity index (χ4n) is 0.124. The molecule has 0 saturated carbocycles. The van der Waals surface area contributed by atoms with Gasteiger partial charge < -0.3 is 4.90 Å². The summed E-state index contributed by atoms with van der Waals surface area (Å²) in [5, 5.41) is 0. The molecule has 0 radical (unpaired) electrons. The van der Waals surface area contributed by atoms with Crippen molar-refractivity contribution in [1.29, 1.82) is 0 Å². The molecular formula is C4H8ClNS. The normalized spacial score (nSPS) is 8.43. The maximum atomic E-state index is 5.39. The first-order valence-electron chi connectivity index (χ1n) is 2.09. The maximum absolute atomic E-state index is 5.39. The Labute approximate surface area is 54.3 Å². The van der Waals surface area contributed by atoms with Crippen molar-refractivity contribution in [3.05, 3.63) is 0 Å². The van der Waals surface area contributed by atoms with Gasteiger partial charge in [0.25, 0.3) is 0 Å². The zero-order chi connectivity index (χ0) is 5.86. The SMILES string of the molecule is CCN(C)C(=S)Cl. The van der Waals surface area contributed by atoms with Crippen LogP contribution in [-0.4, -0.2) is 22.9 Å². The van der Waals surface area contributed by atoms with Crippen molar-refractivity contribution in [3.8, 4) is 0 Å². The Hall–Kier alpha value is 0.180. The number of halogens is 1. The van der Waals surface area contributed by atoms with Gasteiger partial charge in [0.1, 0.15) is 0 Å². The monoisotopic (exact) mass is 137 g/mol.